The Hall–Kier alpha value is -3.03. The van der Waals surface area contributed by atoms with Crippen LogP contribution in [0.25, 0.3) is 10.6 Å². The van der Waals surface area contributed by atoms with Gasteiger partial charge in [0.2, 0.25) is 11.8 Å². The van der Waals surface area contributed by atoms with E-state index in [0.717, 1.165) is 33.1 Å². The van der Waals surface area contributed by atoms with Crippen LogP contribution in [0.5, 0.6) is 0 Å². The number of hydrogen-bond donors (Lipinski definition) is 1. The first-order valence-corrected chi connectivity index (χ1v) is 12.1. The molecule has 0 aliphatic carbocycles. The summed E-state index contributed by atoms with van der Waals surface area (Å²) in [5, 5.41) is 5.96. The molecule has 172 valence electrons. The van der Waals surface area contributed by atoms with Gasteiger partial charge in [0.05, 0.1) is 18.7 Å². The van der Waals surface area contributed by atoms with Crippen molar-refractivity contribution < 1.29 is 9.59 Å². The van der Waals surface area contributed by atoms with Crippen LogP contribution in [0, 0.1) is 20.8 Å². The molecule has 2 heterocycles. The van der Waals surface area contributed by atoms with Crippen molar-refractivity contribution in [3.8, 4) is 10.6 Å². The third kappa shape index (κ3) is 5.86. The molecule has 0 bridgehead atoms. The Labute approximate surface area is 199 Å². The maximum atomic E-state index is 12.8. The fourth-order valence-corrected chi connectivity index (χ4v) is 4.86. The van der Waals surface area contributed by atoms with E-state index in [1.54, 1.807) is 11.3 Å². The number of benzene rings is 2. The second-order valence-electron chi connectivity index (χ2n) is 8.66. The van der Waals surface area contributed by atoms with Gasteiger partial charge in [-0.15, -0.1) is 11.3 Å². The number of amides is 2. The monoisotopic (exact) mass is 462 g/mol. The summed E-state index contributed by atoms with van der Waals surface area (Å²) >= 11 is 1.57. The van der Waals surface area contributed by atoms with Crippen molar-refractivity contribution in [3.05, 3.63) is 70.2 Å². The predicted molar refractivity (Wildman–Crippen MR) is 134 cm³/mol. The van der Waals surface area contributed by atoms with E-state index in [4.69, 9.17) is 0 Å². The van der Waals surface area contributed by atoms with Crippen molar-refractivity contribution in [2.75, 3.05) is 38.0 Å². The van der Waals surface area contributed by atoms with Gasteiger partial charge in [0.15, 0.2) is 0 Å². The molecule has 0 unspecified atom stereocenters. The van der Waals surface area contributed by atoms with E-state index in [1.165, 1.54) is 5.56 Å². The van der Waals surface area contributed by atoms with Crippen molar-refractivity contribution in [1.29, 1.82) is 0 Å². The van der Waals surface area contributed by atoms with Crippen LogP contribution in [0.1, 0.15) is 22.4 Å². The maximum absolute atomic E-state index is 12.8. The van der Waals surface area contributed by atoms with Gasteiger partial charge in [-0.25, -0.2) is 4.98 Å². The standard InChI is InChI=1S/C26H30N4O2S/c1-18-7-9-21(10-8-18)26-27-22(17-33-26)15-24(32)30-13-11-29(12-14-30)16-23(31)28-25-19(2)5-4-6-20(25)3/h4-10,17H,11-16H2,1-3H3,(H,28,31). The maximum Gasteiger partial charge on any atom is 0.238 e. The average molecular weight is 463 g/mol. The average Bonchev–Trinajstić information content (AvgIpc) is 3.26. The number of carbonyl (C=O) groups excluding carboxylic acids is 2. The quantitative estimate of drug-likeness (QED) is 0.600. The largest absolute Gasteiger partial charge is 0.340 e. The number of anilines is 1. The highest BCUT2D eigenvalue weighted by atomic mass is 32.1. The fourth-order valence-electron chi connectivity index (χ4n) is 4.03. The molecule has 2 amide bonds. The number of thiazole rings is 1. The summed E-state index contributed by atoms with van der Waals surface area (Å²) in [5.74, 6) is 0.0775. The predicted octanol–water partition coefficient (Wildman–Crippen LogP) is 4.06. The topological polar surface area (TPSA) is 65.5 Å². The number of para-hydroxylation sites is 1. The summed E-state index contributed by atoms with van der Waals surface area (Å²) in [6.45, 7) is 9.04. The first-order valence-electron chi connectivity index (χ1n) is 11.3. The highest BCUT2D eigenvalue weighted by Crippen LogP contribution is 2.24. The molecule has 7 heteroatoms. The summed E-state index contributed by atoms with van der Waals surface area (Å²) < 4.78 is 0. The molecule has 4 rings (SSSR count). The van der Waals surface area contributed by atoms with Gasteiger partial charge in [-0.3, -0.25) is 14.5 Å². The molecule has 1 aliphatic rings. The van der Waals surface area contributed by atoms with Gasteiger partial charge in [0.25, 0.3) is 0 Å². The van der Waals surface area contributed by atoms with Crippen molar-refractivity contribution in [3.63, 3.8) is 0 Å². The SMILES string of the molecule is Cc1ccc(-c2nc(CC(=O)N3CCN(CC(=O)Nc4c(C)cccc4C)CC3)cs2)cc1. The van der Waals surface area contributed by atoms with Crippen LogP contribution in [0.4, 0.5) is 5.69 Å². The molecule has 1 aromatic heterocycles. The van der Waals surface area contributed by atoms with Gasteiger partial charge in [-0.05, 0) is 31.9 Å². The minimum Gasteiger partial charge on any atom is -0.340 e. The van der Waals surface area contributed by atoms with Gasteiger partial charge in [-0.1, -0.05) is 48.0 Å². The smallest absolute Gasteiger partial charge is 0.238 e. The number of rotatable bonds is 6. The number of nitrogens with zero attached hydrogens (tertiary/aromatic N) is 3. The number of nitrogens with one attached hydrogen (secondary N) is 1. The molecular formula is C26H30N4O2S. The lowest BCUT2D eigenvalue weighted by Crippen LogP contribution is -2.50. The number of hydrogen-bond acceptors (Lipinski definition) is 5. The molecule has 1 N–H and O–H groups in total. The Bertz CT molecular complexity index is 1110. The second-order valence-corrected chi connectivity index (χ2v) is 9.52. The third-order valence-electron chi connectivity index (χ3n) is 6.02. The molecule has 2 aromatic carbocycles. The zero-order valence-corrected chi connectivity index (χ0v) is 20.2. The number of aryl methyl sites for hydroxylation is 3. The normalized spacial score (nSPS) is 14.3. The first-order chi connectivity index (χ1) is 15.9. The summed E-state index contributed by atoms with van der Waals surface area (Å²) in [4.78, 5) is 34.0. The van der Waals surface area contributed by atoms with Crippen LogP contribution in [0.2, 0.25) is 0 Å². The molecule has 33 heavy (non-hydrogen) atoms. The lowest BCUT2D eigenvalue weighted by atomic mass is 10.1. The minimum atomic E-state index is -0.0155. The molecule has 0 saturated carbocycles. The number of aromatic nitrogens is 1. The molecule has 0 spiro atoms. The molecule has 1 saturated heterocycles. The van der Waals surface area contributed by atoms with E-state index in [0.29, 0.717) is 39.1 Å². The van der Waals surface area contributed by atoms with Crippen molar-refractivity contribution in [2.24, 2.45) is 0 Å². The van der Waals surface area contributed by atoms with E-state index in [2.05, 4.69) is 46.4 Å². The Balaban J connectivity index is 1.25. The second kappa shape index (κ2) is 10.3. The van der Waals surface area contributed by atoms with E-state index < -0.39 is 0 Å². The van der Waals surface area contributed by atoms with Gasteiger partial charge in [0, 0.05) is 42.8 Å². The molecule has 6 nitrogen and oxygen atoms in total. The van der Waals surface area contributed by atoms with Crippen LogP contribution in [0.15, 0.2) is 47.8 Å². The van der Waals surface area contributed by atoms with E-state index >= 15 is 0 Å². The summed E-state index contributed by atoms with van der Waals surface area (Å²) in [7, 11) is 0. The summed E-state index contributed by atoms with van der Waals surface area (Å²) in [6, 6.07) is 14.3. The van der Waals surface area contributed by atoms with Crippen LogP contribution in [0.3, 0.4) is 0 Å². The summed E-state index contributed by atoms with van der Waals surface area (Å²) in [5.41, 5.74) is 6.13. The minimum absolute atomic E-state index is 0.0155. The van der Waals surface area contributed by atoms with E-state index in [-0.39, 0.29) is 11.8 Å². The van der Waals surface area contributed by atoms with Crippen LogP contribution < -0.4 is 5.32 Å². The molecule has 0 atom stereocenters. The van der Waals surface area contributed by atoms with Crippen molar-refractivity contribution >= 4 is 28.8 Å². The van der Waals surface area contributed by atoms with E-state index in [1.807, 2.05) is 42.3 Å². The van der Waals surface area contributed by atoms with Crippen LogP contribution >= 0.6 is 11.3 Å². The molecule has 3 aromatic rings. The van der Waals surface area contributed by atoms with Crippen LogP contribution in [-0.4, -0.2) is 59.3 Å². The number of carbonyl (C=O) groups is 2. The van der Waals surface area contributed by atoms with Gasteiger partial charge >= 0.3 is 0 Å². The molecule has 1 aliphatic heterocycles. The zero-order valence-electron chi connectivity index (χ0n) is 19.4. The highest BCUT2D eigenvalue weighted by molar-refractivity contribution is 7.13. The van der Waals surface area contributed by atoms with Crippen molar-refractivity contribution in [2.45, 2.75) is 27.2 Å². The Kier molecular flexibility index (Phi) is 7.20. The Morgan fingerprint density at radius 2 is 1.64 bits per heavy atom. The molecule has 1 fully saturated rings. The fraction of sp³-hybridized carbons (Fsp3) is 0.346. The first kappa shape index (κ1) is 23.1. The lowest BCUT2D eigenvalue weighted by Gasteiger charge is -2.34. The van der Waals surface area contributed by atoms with Crippen LogP contribution in [-0.2, 0) is 16.0 Å². The Morgan fingerprint density at radius 1 is 0.970 bits per heavy atom. The van der Waals surface area contributed by atoms with Gasteiger partial charge < -0.3 is 10.2 Å². The molecule has 0 radical (unpaired) electrons. The lowest BCUT2D eigenvalue weighted by molar-refractivity contribution is -0.132. The third-order valence-corrected chi connectivity index (χ3v) is 6.96. The van der Waals surface area contributed by atoms with Crippen molar-refractivity contribution in [1.82, 2.24) is 14.8 Å². The zero-order chi connectivity index (χ0) is 23.4. The highest BCUT2D eigenvalue weighted by Gasteiger charge is 2.23. The molecular weight excluding hydrogens is 432 g/mol. The van der Waals surface area contributed by atoms with Gasteiger partial charge in [0.1, 0.15) is 5.01 Å². The van der Waals surface area contributed by atoms with Gasteiger partial charge in [-0.2, -0.15) is 0 Å². The Morgan fingerprint density at radius 3 is 2.30 bits per heavy atom. The summed E-state index contributed by atoms with van der Waals surface area (Å²) in [6.07, 6.45) is 0.315. The number of piperazine rings is 1. The van der Waals surface area contributed by atoms with E-state index in [9.17, 15) is 9.59 Å².